The van der Waals surface area contributed by atoms with Crippen molar-refractivity contribution in [2.45, 2.75) is 0 Å². The molecule has 0 spiro atoms. The van der Waals surface area contributed by atoms with E-state index in [0.29, 0.717) is 27.2 Å². The van der Waals surface area contributed by atoms with E-state index in [1.165, 1.54) is 6.20 Å². The topological polar surface area (TPSA) is 82.8 Å². The zero-order chi connectivity index (χ0) is 28.8. The van der Waals surface area contributed by atoms with Gasteiger partial charge in [0.15, 0.2) is 6.20 Å². The lowest BCUT2D eigenvalue weighted by atomic mass is 10.1. The largest absolute Gasteiger partial charge is 0.618 e. The molecular weight excluding hydrogens is 536 g/mol. The molecule has 0 saturated carbocycles. The maximum Gasteiger partial charge on any atom is 0.263 e. The summed E-state index contributed by atoms with van der Waals surface area (Å²) in [5.74, 6) is 0. The molecule has 202 valence electrons. The molecule has 0 aliphatic heterocycles. The zero-order valence-corrected chi connectivity index (χ0v) is 22.6. The van der Waals surface area contributed by atoms with Crippen LogP contribution >= 0.6 is 0 Å². The minimum absolute atomic E-state index is 0.0253. The Kier molecular flexibility index (Phi) is 4.65. The SMILES string of the molecule is O=c1c2ccccc2c2c3c(cc[n+]2[O-])c2ccccc2n13.O=c1c2ccccc2c2nccc3c4ccccc4n1c32. The van der Waals surface area contributed by atoms with Gasteiger partial charge in [-0.25, -0.2) is 0 Å². The second-order valence-corrected chi connectivity index (χ2v) is 10.7. The molecule has 0 fully saturated rings. The van der Waals surface area contributed by atoms with E-state index in [1.807, 2.05) is 97.2 Å². The molecule has 0 aliphatic rings. The first kappa shape index (κ1) is 23.6. The highest BCUT2D eigenvalue weighted by molar-refractivity contribution is 6.19. The van der Waals surface area contributed by atoms with E-state index in [0.717, 1.165) is 53.7 Å². The van der Waals surface area contributed by atoms with Gasteiger partial charge in [-0.2, -0.15) is 4.73 Å². The fourth-order valence-corrected chi connectivity index (χ4v) is 6.76. The molecule has 4 aromatic carbocycles. The molecule has 0 N–H and O–H groups in total. The molecule has 0 atom stereocenters. The molecule has 6 aromatic heterocycles. The van der Waals surface area contributed by atoms with Crippen molar-refractivity contribution in [3.63, 3.8) is 0 Å². The van der Waals surface area contributed by atoms with Crippen molar-refractivity contribution in [2.75, 3.05) is 0 Å². The van der Waals surface area contributed by atoms with Gasteiger partial charge in [0.2, 0.25) is 5.52 Å². The number of hydrogen-bond acceptors (Lipinski definition) is 4. The number of pyridine rings is 4. The Morgan fingerprint density at radius 1 is 0.512 bits per heavy atom. The van der Waals surface area contributed by atoms with Gasteiger partial charge in [-0.05, 0) is 36.4 Å². The van der Waals surface area contributed by atoms with Gasteiger partial charge in [0.05, 0.1) is 32.8 Å². The van der Waals surface area contributed by atoms with Crippen LogP contribution in [-0.4, -0.2) is 13.8 Å². The first-order chi connectivity index (χ1) is 21.1. The number of fused-ring (bicyclic) bond motifs is 10. The number of hydrogen-bond donors (Lipinski definition) is 0. The number of rotatable bonds is 0. The van der Waals surface area contributed by atoms with Gasteiger partial charge >= 0.3 is 0 Å². The molecule has 10 rings (SSSR count). The smallest absolute Gasteiger partial charge is 0.263 e. The molecule has 6 heterocycles. The minimum atomic E-state index is -0.0829. The summed E-state index contributed by atoms with van der Waals surface area (Å²) in [6.45, 7) is 0. The van der Waals surface area contributed by atoms with Crippen LogP contribution in [0.1, 0.15) is 0 Å². The van der Waals surface area contributed by atoms with Crippen LogP contribution in [0.25, 0.3) is 76.2 Å². The Hall–Kier alpha value is -6.08. The predicted octanol–water partition coefficient (Wildman–Crippen LogP) is 6.42. The van der Waals surface area contributed by atoms with Gasteiger partial charge in [0.1, 0.15) is 5.52 Å². The van der Waals surface area contributed by atoms with Crippen LogP contribution in [-0.2, 0) is 0 Å². The van der Waals surface area contributed by atoms with Crippen LogP contribution in [0.15, 0.2) is 131 Å². The second kappa shape index (κ2) is 8.47. The summed E-state index contributed by atoms with van der Waals surface area (Å²) < 4.78 is 4.31. The summed E-state index contributed by atoms with van der Waals surface area (Å²) in [5, 5.41) is 19.4. The van der Waals surface area contributed by atoms with Gasteiger partial charge in [-0.1, -0.05) is 66.7 Å². The highest BCUT2D eigenvalue weighted by atomic mass is 16.5. The van der Waals surface area contributed by atoms with Gasteiger partial charge in [0.25, 0.3) is 11.1 Å². The lowest BCUT2D eigenvalue weighted by Gasteiger charge is -2.06. The predicted molar refractivity (Wildman–Crippen MR) is 171 cm³/mol. The van der Waals surface area contributed by atoms with Crippen LogP contribution in [0.5, 0.6) is 0 Å². The Morgan fingerprint density at radius 2 is 1.00 bits per heavy atom. The third-order valence-electron chi connectivity index (χ3n) is 8.55. The van der Waals surface area contributed by atoms with Crippen molar-refractivity contribution in [3.05, 3.63) is 148 Å². The van der Waals surface area contributed by atoms with E-state index in [2.05, 4.69) is 11.1 Å². The molecule has 43 heavy (non-hydrogen) atoms. The van der Waals surface area contributed by atoms with Crippen LogP contribution in [0.4, 0.5) is 0 Å². The summed E-state index contributed by atoms with van der Waals surface area (Å²) in [6, 6.07) is 34.5. The van der Waals surface area contributed by atoms with Gasteiger partial charge in [-0.3, -0.25) is 23.4 Å². The van der Waals surface area contributed by atoms with Crippen molar-refractivity contribution in [1.82, 2.24) is 13.8 Å². The van der Waals surface area contributed by atoms with Crippen LogP contribution in [0, 0.1) is 5.21 Å². The first-order valence-electron chi connectivity index (χ1n) is 13.9. The normalized spacial score (nSPS) is 12.0. The molecule has 0 unspecified atom stereocenters. The standard InChI is InChI=1S/C18H10N2O2.C18H10N2O/c21-18-14-7-2-1-6-12(14)16-17-13(9-10-19(16)22)11-5-3-4-8-15(11)20(17)18;21-18-14-7-2-1-6-12(14)16-17-13(9-10-19-16)11-5-3-4-8-15(11)20(17)18/h1-10H;1-10H. The van der Waals surface area contributed by atoms with Crippen LogP contribution < -0.4 is 15.8 Å². The third kappa shape index (κ3) is 3.02. The van der Waals surface area contributed by atoms with Crippen molar-refractivity contribution in [3.8, 4) is 0 Å². The first-order valence-corrected chi connectivity index (χ1v) is 13.9. The number of para-hydroxylation sites is 2. The van der Waals surface area contributed by atoms with E-state index >= 15 is 0 Å². The Labute approximate surface area is 242 Å². The fourth-order valence-electron chi connectivity index (χ4n) is 6.76. The summed E-state index contributed by atoms with van der Waals surface area (Å²) in [5.41, 5.74) is 4.77. The van der Waals surface area contributed by atoms with Gasteiger partial charge < -0.3 is 5.21 Å². The van der Waals surface area contributed by atoms with Crippen LogP contribution in [0.3, 0.4) is 0 Å². The molecule has 7 heteroatoms. The molecule has 0 bridgehead atoms. The van der Waals surface area contributed by atoms with Crippen LogP contribution in [0.2, 0.25) is 0 Å². The number of benzene rings is 4. The third-order valence-corrected chi connectivity index (χ3v) is 8.55. The van der Waals surface area contributed by atoms with Crippen molar-refractivity contribution in [1.29, 1.82) is 0 Å². The van der Waals surface area contributed by atoms with Crippen molar-refractivity contribution < 1.29 is 4.73 Å². The van der Waals surface area contributed by atoms with Crippen molar-refractivity contribution in [2.24, 2.45) is 0 Å². The average Bonchev–Trinajstić information content (AvgIpc) is 3.58. The second-order valence-electron chi connectivity index (χ2n) is 10.7. The fraction of sp³-hybridized carbons (Fsp3) is 0. The molecule has 0 aliphatic carbocycles. The Balaban J connectivity index is 0.000000121. The number of nitrogens with zero attached hydrogens (tertiary/aromatic N) is 4. The molecule has 10 aromatic rings. The van der Waals surface area contributed by atoms with Gasteiger partial charge in [0, 0.05) is 44.6 Å². The summed E-state index contributed by atoms with van der Waals surface area (Å²) in [6.07, 6.45) is 3.34. The molecule has 0 amide bonds. The summed E-state index contributed by atoms with van der Waals surface area (Å²) in [7, 11) is 0. The highest BCUT2D eigenvalue weighted by Crippen LogP contribution is 2.33. The van der Waals surface area contributed by atoms with E-state index in [1.54, 1.807) is 20.9 Å². The van der Waals surface area contributed by atoms with Gasteiger partial charge in [-0.15, -0.1) is 0 Å². The monoisotopic (exact) mass is 556 g/mol. The summed E-state index contributed by atoms with van der Waals surface area (Å²) >= 11 is 0. The molecular formula is C36H20N4O3. The average molecular weight is 557 g/mol. The Bertz CT molecular complexity index is 2850. The zero-order valence-electron chi connectivity index (χ0n) is 22.6. The van der Waals surface area contributed by atoms with Crippen molar-refractivity contribution >= 4 is 76.2 Å². The molecule has 0 saturated heterocycles. The lowest BCUT2D eigenvalue weighted by molar-refractivity contribution is -0.576. The quantitative estimate of drug-likeness (QED) is 0.123. The molecule has 0 radical (unpaired) electrons. The molecule has 7 nitrogen and oxygen atoms in total. The highest BCUT2D eigenvalue weighted by Gasteiger charge is 2.22. The minimum Gasteiger partial charge on any atom is -0.618 e. The maximum absolute atomic E-state index is 12.9. The maximum atomic E-state index is 12.9. The Morgan fingerprint density at radius 3 is 1.65 bits per heavy atom. The van der Waals surface area contributed by atoms with E-state index in [-0.39, 0.29) is 11.1 Å². The lowest BCUT2D eigenvalue weighted by Crippen LogP contribution is -2.28. The number of aromatic nitrogens is 4. The van der Waals surface area contributed by atoms with E-state index in [9.17, 15) is 14.8 Å². The van der Waals surface area contributed by atoms with E-state index in [4.69, 9.17) is 0 Å². The summed E-state index contributed by atoms with van der Waals surface area (Å²) in [4.78, 5) is 30.4. The van der Waals surface area contributed by atoms with E-state index < -0.39 is 0 Å².